The lowest BCUT2D eigenvalue weighted by Gasteiger charge is -2.18. The minimum absolute atomic E-state index is 0.0729. The van der Waals surface area contributed by atoms with Crippen LogP contribution in [0.25, 0.3) is 11.1 Å². The molecule has 1 atom stereocenters. The second-order valence-corrected chi connectivity index (χ2v) is 6.72. The van der Waals surface area contributed by atoms with Crippen LogP contribution < -0.4 is 20.7 Å². The van der Waals surface area contributed by atoms with Crippen molar-refractivity contribution in [1.82, 2.24) is 4.98 Å². The highest BCUT2D eigenvalue weighted by molar-refractivity contribution is 6.01. The quantitative estimate of drug-likeness (QED) is 0.714. The number of rotatable bonds is 5. The molecule has 3 N–H and O–H groups in total. The Bertz CT molecular complexity index is 988. The highest BCUT2D eigenvalue weighted by atomic mass is 16.5. The number of pyridine rings is 1. The van der Waals surface area contributed by atoms with E-state index in [0.717, 1.165) is 34.7 Å². The molecule has 0 radical (unpaired) electrons. The fourth-order valence-corrected chi connectivity index (χ4v) is 3.45. The molecule has 142 valence electrons. The highest BCUT2D eigenvalue weighted by Gasteiger charge is 2.32. The van der Waals surface area contributed by atoms with E-state index in [2.05, 4.69) is 10.3 Å². The van der Waals surface area contributed by atoms with Crippen molar-refractivity contribution in [2.45, 2.75) is 12.5 Å². The largest absolute Gasteiger partial charge is 0.497 e. The summed E-state index contributed by atoms with van der Waals surface area (Å²) in [6, 6.07) is 19.1. The molecule has 1 fully saturated rings. The Morgan fingerprint density at radius 2 is 1.93 bits per heavy atom. The summed E-state index contributed by atoms with van der Waals surface area (Å²) in [5.41, 5.74) is 9.58. The Morgan fingerprint density at radius 3 is 2.68 bits per heavy atom. The minimum Gasteiger partial charge on any atom is -0.497 e. The predicted molar refractivity (Wildman–Crippen MR) is 111 cm³/mol. The zero-order valence-electron chi connectivity index (χ0n) is 15.6. The average Bonchev–Trinajstić information content (AvgIpc) is 3.08. The molecule has 2 heterocycles. The van der Waals surface area contributed by atoms with Gasteiger partial charge in [0.05, 0.1) is 7.11 Å². The number of nitrogens with two attached hydrogens (primary N) is 1. The van der Waals surface area contributed by atoms with E-state index in [1.807, 2.05) is 65.6 Å². The summed E-state index contributed by atoms with van der Waals surface area (Å²) in [6.45, 7) is 0.683. The normalized spacial score (nSPS) is 16.2. The van der Waals surface area contributed by atoms with Gasteiger partial charge in [0, 0.05) is 30.2 Å². The number of anilines is 3. The van der Waals surface area contributed by atoms with E-state index < -0.39 is 0 Å². The average molecular weight is 374 g/mol. The molecule has 6 heteroatoms. The molecular formula is C22H22N4O2. The summed E-state index contributed by atoms with van der Waals surface area (Å²) >= 11 is 0. The molecule has 28 heavy (non-hydrogen) atoms. The van der Waals surface area contributed by atoms with E-state index in [4.69, 9.17) is 10.5 Å². The van der Waals surface area contributed by atoms with E-state index >= 15 is 0 Å². The van der Waals surface area contributed by atoms with Gasteiger partial charge in [-0.3, -0.25) is 4.79 Å². The first-order valence-electron chi connectivity index (χ1n) is 9.18. The van der Waals surface area contributed by atoms with Gasteiger partial charge in [-0.2, -0.15) is 0 Å². The van der Waals surface area contributed by atoms with Crippen LogP contribution in [0.1, 0.15) is 6.42 Å². The number of methoxy groups -OCH3 is 1. The number of hydrogen-bond acceptors (Lipinski definition) is 5. The number of ether oxygens (including phenoxy) is 1. The van der Waals surface area contributed by atoms with E-state index in [-0.39, 0.29) is 11.9 Å². The van der Waals surface area contributed by atoms with Crippen LogP contribution in [-0.4, -0.2) is 30.6 Å². The van der Waals surface area contributed by atoms with Crippen LogP contribution in [0, 0.1) is 0 Å². The van der Waals surface area contributed by atoms with Crippen molar-refractivity contribution < 1.29 is 9.53 Å². The first-order valence-corrected chi connectivity index (χ1v) is 9.18. The molecule has 1 aromatic heterocycles. The number of carbonyl (C=O) groups excluding carboxylic acids is 1. The first kappa shape index (κ1) is 17.9. The second-order valence-electron chi connectivity index (χ2n) is 6.72. The molecule has 0 aliphatic carbocycles. The Morgan fingerprint density at radius 1 is 1.11 bits per heavy atom. The van der Waals surface area contributed by atoms with Gasteiger partial charge < -0.3 is 20.7 Å². The van der Waals surface area contributed by atoms with E-state index in [1.54, 1.807) is 13.3 Å². The van der Waals surface area contributed by atoms with E-state index in [9.17, 15) is 4.79 Å². The topological polar surface area (TPSA) is 80.5 Å². The zero-order valence-corrected chi connectivity index (χ0v) is 15.6. The van der Waals surface area contributed by atoms with E-state index in [0.29, 0.717) is 12.4 Å². The minimum atomic E-state index is -0.244. The molecule has 2 aromatic carbocycles. The van der Waals surface area contributed by atoms with Crippen LogP contribution >= 0.6 is 0 Å². The predicted octanol–water partition coefficient (Wildman–Crippen LogP) is 3.56. The molecule has 1 amide bonds. The number of aromatic nitrogens is 1. The van der Waals surface area contributed by atoms with E-state index in [1.165, 1.54) is 0 Å². The lowest BCUT2D eigenvalue weighted by molar-refractivity contribution is -0.117. The molecular weight excluding hydrogens is 352 g/mol. The van der Waals surface area contributed by atoms with Gasteiger partial charge in [0.15, 0.2) is 0 Å². The summed E-state index contributed by atoms with van der Waals surface area (Å²) in [4.78, 5) is 18.7. The summed E-state index contributed by atoms with van der Waals surface area (Å²) in [7, 11) is 1.63. The molecule has 0 spiro atoms. The van der Waals surface area contributed by atoms with Crippen LogP contribution in [0.2, 0.25) is 0 Å². The third kappa shape index (κ3) is 3.62. The maximum Gasteiger partial charge on any atom is 0.249 e. The molecule has 1 aliphatic heterocycles. The lowest BCUT2D eigenvalue weighted by atomic mass is 10.1. The van der Waals surface area contributed by atoms with Crippen molar-refractivity contribution in [3.05, 3.63) is 66.9 Å². The van der Waals surface area contributed by atoms with Crippen molar-refractivity contribution in [3.63, 3.8) is 0 Å². The molecule has 3 aromatic rings. The molecule has 0 bridgehead atoms. The molecule has 4 rings (SSSR count). The number of amides is 1. The zero-order chi connectivity index (χ0) is 19.5. The van der Waals surface area contributed by atoms with Crippen LogP contribution in [-0.2, 0) is 4.79 Å². The number of hydrogen-bond donors (Lipinski definition) is 2. The Balaban J connectivity index is 1.47. The van der Waals surface area contributed by atoms with Gasteiger partial charge in [-0.1, -0.05) is 18.2 Å². The van der Waals surface area contributed by atoms with Crippen molar-refractivity contribution in [2.75, 3.05) is 29.6 Å². The summed E-state index contributed by atoms with van der Waals surface area (Å²) in [5.74, 6) is 1.33. The summed E-state index contributed by atoms with van der Waals surface area (Å²) in [5, 5.41) is 3.32. The highest BCUT2D eigenvalue weighted by Crippen LogP contribution is 2.28. The van der Waals surface area contributed by atoms with Crippen molar-refractivity contribution in [2.24, 2.45) is 0 Å². The maximum absolute atomic E-state index is 12.9. The monoisotopic (exact) mass is 374 g/mol. The first-order chi connectivity index (χ1) is 13.6. The van der Waals surface area contributed by atoms with Gasteiger partial charge in [0.1, 0.15) is 17.6 Å². The number of carbonyl (C=O) groups is 1. The van der Waals surface area contributed by atoms with Gasteiger partial charge in [-0.15, -0.1) is 0 Å². The Kier molecular flexibility index (Phi) is 4.85. The van der Waals surface area contributed by atoms with Gasteiger partial charge in [-0.05, 0) is 53.9 Å². The molecule has 1 unspecified atom stereocenters. The SMILES string of the molecule is COc1cccc(NC2CCN(c3ccc(-c4ccnc(N)c4)cc3)C2=O)c1. The van der Waals surface area contributed by atoms with Crippen molar-refractivity contribution in [1.29, 1.82) is 0 Å². The smallest absolute Gasteiger partial charge is 0.249 e. The van der Waals surface area contributed by atoms with Gasteiger partial charge in [-0.25, -0.2) is 4.98 Å². The van der Waals surface area contributed by atoms with Gasteiger partial charge >= 0.3 is 0 Å². The summed E-state index contributed by atoms with van der Waals surface area (Å²) in [6.07, 6.45) is 2.44. The van der Waals surface area contributed by atoms with Crippen LogP contribution in [0.15, 0.2) is 66.9 Å². The fraction of sp³-hybridized carbons (Fsp3) is 0.182. The second kappa shape index (κ2) is 7.60. The molecule has 1 saturated heterocycles. The summed E-state index contributed by atoms with van der Waals surface area (Å²) < 4.78 is 5.24. The lowest BCUT2D eigenvalue weighted by Crippen LogP contribution is -2.33. The maximum atomic E-state index is 12.9. The number of nitrogen functional groups attached to an aromatic ring is 1. The standard InChI is InChI=1S/C22H22N4O2/c1-28-19-4-2-3-17(14-19)25-20-10-12-26(22(20)27)18-7-5-15(6-8-18)16-9-11-24-21(23)13-16/h2-9,11,13-14,20,25H,10,12H2,1H3,(H2,23,24). The van der Waals surface area contributed by atoms with Crippen LogP contribution in [0.5, 0.6) is 5.75 Å². The van der Waals surface area contributed by atoms with Crippen LogP contribution in [0.4, 0.5) is 17.2 Å². The Hall–Kier alpha value is -3.54. The van der Waals surface area contributed by atoms with Crippen LogP contribution in [0.3, 0.4) is 0 Å². The fourth-order valence-electron chi connectivity index (χ4n) is 3.45. The molecule has 1 aliphatic rings. The van der Waals surface area contributed by atoms with Crippen molar-refractivity contribution in [3.8, 4) is 16.9 Å². The van der Waals surface area contributed by atoms with Crippen molar-refractivity contribution >= 4 is 23.1 Å². The third-order valence-corrected chi connectivity index (χ3v) is 4.91. The van der Waals surface area contributed by atoms with Gasteiger partial charge in [0.25, 0.3) is 0 Å². The Labute approximate surface area is 164 Å². The number of nitrogens with one attached hydrogen (secondary N) is 1. The van der Waals surface area contributed by atoms with Gasteiger partial charge in [0.2, 0.25) is 5.91 Å². The third-order valence-electron chi connectivity index (χ3n) is 4.91. The molecule has 6 nitrogen and oxygen atoms in total. The number of nitrogens with zero attached hydrogens (tertiary/aromatic N) is 2. The number of benzene rings is 2. The molecule has 0 saturated carbocycles.